The van der Waals surface area contributed by atoms with Gasteiger partial charge >= 0.3 is 13.3 Å². The second kappa shape index (κ2) is 27.1. The van der Waals surface area contributed by atoms with Crippen molar-refractivity contribution in [2.45, 2.75) is 152 Å². The summed E-state index contributed by atoms with van der Waals surface area (Å²) in [6.45, 7) is 7.12. The Morgan fingerprint density at radius 3 is 2.08 bits per heavy atom. The van der Waals surface area contributed by atoms with Gasteiger partial charge in [0.05, 0.1) is 22.5 Å². The number of benzene rings is 3. The first kappa shape index (κ1) is 67.2. The van der Waals surface area contributed by atoms with Crippen LogP contribution in [0.4, 0.5) is 23.2 Å². The first-order valence-corrected chi connectivity index (χ1v) is 33.4. The predicted molar refractivity (Wildman–Crippen MR) is 328 cm³/mol. The van der Waals surface area contributed by atoms with Crippen molar-refractivity contribution in [1.29, 1.82) is 0 Å². The molecule has 7 heterocycles. The number of thiophene rings is 1. The number of nitrogens with two attached hydrogens (primary N) is 1. The standard InChI is InChI=1S/C63H75F4N10O13PS/c1-62(2,3)38-6-4-34(5-7-38)28-45(60(86)75-26-20-36(21-27-75)35-18-24-74(25-19-35)41-9-11-42-43(31-41)59(85)77(58(42)84)48-14-17-53(79)72-56(48)82)70-54(80)44(12-16-52(68)78)69-55(81)47-13-10-40-22-23-73(33-51(64)65)32-46(61(87)76(40)47)71-57(83)50-30-37-29-39(8-15-49(37)92-50)63(66,67)91(88,89)90/h4-9,11,15,29-31,35-36,40,44-48,51H,10,12-14,16-28,32-33H2,1-3H3,(H2,68,78)(H,69,81)(H,70,80)(H,71,83)(H,72,79,82)(H2,88,89,90)/t40-,44+,45+,46+,47+,48?/m1/s1. The summed E-state index contributed by atoms with van der Waals surface area (Å²) in [5.74, 6) is -6.22. The molecule has 29 heteroatoms. The van der Waals surface area contributed by atoms with Gasteiger partial charge in [-0.25, -0.2) is 8.78 Å². The Morgan fingerprint density at radius 2 is 1.43 bits per heavy atom. The fraction of sp³-hybridized carbons (Fsp3) is 0.524. The van der Waals surface area contributed by atoms with Crippen LogP contribution in [0.25, 0.3) is 10.1 Å². The summed E-state index contributed by atoms with van der Waals surface area (Å²) in [7, 11) is -5.94. The molecule has 92 heavy (non-hydrogen) atoms. The summed E-state index contributed by atoms with van der Waals surface area (Å²) in [4.78, 5) is 163. The van der Waals surface area contributed by atoms with E-state index in [0.717, 1.165) is 64.1 Å². The minimum atomic E-state index is -5.94. The van der Waals surface area contributed by atoms with E-state index in [1.54, 1.807) is 23.1 Å². The molecule has 5 fully saturated rings. The van der Waals surface area contributed by atoms with Crippen LogP contribution in [-0.2, 0) is 55.6 Å². The molecular formula is C63H75F4N10O13PS. The molecule has 0 saturated carbocycles. The fourth-order valence-corrected chi connectivity index (χ4v) is 15.1. The number of amides is 10. The Labute approximate surface area is 531 Å². The molecule has 6 aliphatic rings. The van der Waals surface area contributed by atoms with Crippen LogP contribution in [0.15, 0.2) is 66.7 Å². The third-order valence-corrected chi connectivity index (χ3v) is 20.9. The maximum absolute atomic E-state index is 14.9. The Bertz CT molecular complexity index is 3620. The van der Waals surface area contributed by atoms with E-state index in [1.165, 1.54) is 15.9 Å². The molecule has 4 aromatic rings. The topological polar surface area (TPSA) is 319 Å². The SMILES string of the molecule is CC(C)(C)c1ccc(C[C@H](NC(=O)[C@H](CCC(N)=O)NC(=O)[C@@H]2CC[C@@H]3CCN(CC(F)F)C[C@H](NC(=O)c4cc5cc(C(F)(F)P(=O)(O)O)ccc5s4)C(=O)N32)C(=O)N2CCC(C3CCN(c4ccc5c(c4)C(=O)N(C4CCC(=O)NC4=O)C5=O)CC3)CC2)cc1. The normalized spacial score (nSPS) is 22.2. The Balaban J connectivity index is 0.809. The van der Waals surface area contributed by atoms with Crippen LogP contribution in [0, 0.1) is 11.8 Å². The molecule has 6 aliphatic heterocycles. The van der Waals surface area contributed by atoms with Gasteiger partial charge in [-0.15, -0.1) is 11.3 Å². The van der Waals surface area contributed by atoms with Crippen molar-refractivity contribution in [2.75, 3.05) is 50.7 Å². The molecule has 5 saturated heterocycles. The van der Waals surface area contributed by atoms with Crippen LogP contribution in [0.1, 0.15) is 138 Å². The molecule has 6 atom stereocenters. The van der Waals surface area contributed by atoms with E-state index in [9.17, 15) is 79.9 Å². The third kappa shape index (κ3) is 14.6. The largest absolute Gasteiger partial charge is 0.399 e. The number of nitrogens with zero attached hydrogens (tertiary/aromatic N) is 5. The second-order valence-electron chi connectivity index (χ2n) is 25.8. The molecule has 0 bridgehead atoms. The number of alkyl halides is 4. The number of likely N-dealkylation sites (tertiary alicyclic amines) is 1. The van der Waals surface area contributed by atoms with Gasteiger partial charge in [0, 0.05) is 80.5 Å². The molecule has 0 aliphatic carbocycles. The van der Waals surface area contributed by atoms with Gasteiger partial charge < -0.3 is 46.2 Å². The highest BCUT2D eigenvalue weighted by atomic mass is 32.1. The van der Waals surface area contributed by atoms with Crippen LogP contribution in [-0.4, -0.2) is 177 Å². The summed E-state index contributed by atoms with van der Waals surface area (Å²) in [5.41, 5.74) is 2.78. The van der Waals surface area contributed by atoms with E-state index in [1.807, 2.05) is 24.3 Å². The zero-order valence-corrected chi connectivity index (χ0v) is 52.8. The van der Waals surface area contributed by atoms with E-state index in [4.69, 9.17) is 5.73 Å². The summed E-state index contributed by atoms with van der Waals surface area (Å²) in [6, 6.07) is 9.52. The minimum Gasteiger partial charge on any atom is -0.371 e. The molecule has 1 aromatic heterocycles. The smallest absolute Gasteiger partial charge is 0.371 e. The number of carbonyl (C=O) groups excluding carboxylic acids is 10. The summed E-state index contributed by atoms with van der Waals surface area (Å²) in [5, 5.41) is 10.5. The average Bonchev–Trinajstić information content (AvgIpc) is 1.62. The number of hydrogen-bond donors (Lipinski definition) is 7. The molecule has 0 radical (unpaired) electrons. The van der Waals surface area contributed by atoms with E-state index >= 15 is 0 Å². The van der Waals surface area contributed by atoms with E-state index < -0.39 is 128 Å². The van der Waals surface area contributed by atoms with Gasteiger partial charge in [0.15, 0.2) is 0 Å². The summed E-state index contributed by atoms with van der Waals surface area (Å²) < 4.78 is 69.1. The van der Waals surface area contributed by atoms with Crippen molar-refractivity contribution in [2.24, 2.45) is 17.6 Å². The van der Waals surface area contributed by atoms with Crippen LogP contribution in [0.2, 0.25) is 0 Å². The monoisotopic (exact) mass is 1320 g/mol. The van der Waals surface area contributed by atoms with Gasteiger partial charge in [-0.3, -0.25) is 67.6 Å². The van der Waals surface area contributed by atoms with Crippen LogP contribution >= 0.6 is 18.9 Å². The number of anilines is 1. The zero-order chi connectivity index (χ0) is 66.3. The molecule has 10 rings (SSSR count). The molecule has 10 amide bonds. The maximum Gasteiger partial charge on any atom is 0.399 e. The highest BCUT2D eigenvalue weighted by Crippen LogP contribution is 2.59. The minimum absolute atomic E-state index is 0.0124. The van der Waals surface area contributed by atoms with Crippen LogP contribution < -0.4 is 31.9 Å². The number of nitrogens with one attached hydrogen (secondary N) is 4. The number of halogens is 4. The van der Waals surface area contributed by atoms with Crippen molar-refractivity contribution in [3.63, 3.8) is 0 Å². The highest BCUT2D eigenvalue weighted by molar-refractivity contribution is 7.52. The highest BCUT2D eigenvalue weighted by Gasteiger charge is 2.51. The van der Waals surface area contributed by atoms with Crippen molar-refractivity contribution >= 4 is 93.8 Å². The summed E-state index contributed by atoms with van der Waals surface area (Å²) >= 11 is 0.813. The number of rotatable bonds is 19. The number of imide groups is 2. The Kier molecular flexibility index (Phi) is 19.8. The lowest BCUT2D eigenvalue weighted by atomic mass is 9.78. The quantitative estimate of drug-likeness (QED) is 0.0374. The Morgan fingerprint density at radius 1 is 0.772 bits per heavy atom. The number of carbonyl (C=O) groups is 10. The predicted octanol–water partition coefficient (Wildman–Crippen LogP) is 4.89. The first-order chi connectivity index (χ1) is 43.4. The van der Waals surface area contributed by atoms with Gasteiger partial charge in [0.25, 0.3) is 24.1 Å². The van der Waals surface area contributed by atoms with Gasteiger partial charge in [-0.1, -0.05) is 51.1 Å². The number of hydrogen-bond acceptors (Lipinski definition) is 14. The lowest BCUT2D eigenvalue weighted by Crippen LogP contribution is -2.62. The van der Waals surface area contributed by atoms with Gasteiger partial charge in [0.2, 0.25) is 41.4 Å². The average molecular weight is 1320 g/mol. The van der Waals surface area contributed by atoms with Crippen LogP contribution in [0.3, 0.4) is 0 Å². The zero-order valence-electron chi connectivity index (χ0n) is 51.0. The molecule has 494 valence electrons. The number of fused-ring (bicyclic) bond motifs is 3. The van der Waals surface area contributed by atoms with Crippen molar-refractivity contribution in [3.05, 3.63) is 99.4 Å². The number of piperidine rings is 3. The van der Waals surface area contributed by atoms with Crippen molar-refractivity contribution in [1.82, 2.24) is 40.9 Å². The Hall–Kier alpha value is -7.65. The summed E-state index contributed by atoms with van der Waals surface area (Å²) in [6.07, 6.45) is 0.0266. The molecule has 1 unspecified atom stereocenters. The molecule has 8 N–H and O–H groups in total. The van der Waals surface area contributed by atoms with Crippen molar-refractivity contribution in [3.8, 4) is 0 Å². The lowest BCUT2D eigenvalue weighted by Gasteiger charge is -2.41. The van der Waals surface area contributed by atoms with E-state index in [-0.39, 0.29) is 101 Å². The molecule has 0 spiro atoms. The van der Waals surface area contributed by atoms with E-state index in [2.05, 4.69) is 46.9 Å². The lowest BCUT2D eigenvalue weighted by molar-refractivity contribution is -0.144. The second-order valence-corrected chi connectivity index (χ2v) is 28.6. The first-order valence-electron chi connectivity index (χ1n) is 30.9. The van der Waals surface area contributed by atoms with E-state index in [0.29, 0.717) is 44.9 Å². The molecule has 3 aromatic carbocycles. The molecular weight excluding hydrogens is 1240 g/mol. The van der Waals surface area contributed by atoms with Crippen LogP contribution in [0.5, 0.6) is 0 Å². The van der Waals surface area contributed by atoms with Gasteiger partial charge in [-0.05, 0) is 128 Å². The molecule has 23 nitrogen and oxygen atoms in total. The van der Waals surface area contributed by atoms with Crippen molar-refractivity contribution < 1.29 is 79.9 Å². The maximum atomic E-state index is 14.9. The fourth-order valence-electron chi connectivity index (χ4n) is 13.7. The van der Waals surface area contributed by atoms with Gasteiger partial charge in [-0.2, -0.15) is 8.78 Å². The number of primary amides is 1. The third-order valence-electron chi connectivity index (χ3n) is 18.8. The van der Waals surface area contributed by atoms with Gasteiger partial charge in [0.1, 0.15) is 30.2 Å².